The highest BCUT2D eigenvalue weighted by Gasteiger charge is 2.16. The van der Waals surface area contributed by atoms with Crippen molar-refractivity contribution in [2.75, 3.05) is 71.0 Å². The molecule has 2 aliphatic rings. The van der Waals surface area contributed by atoms with Crippen molar-refractivity contribution in [1.29, 1.82) is 0 Å². The normalized spacial score (nSPS) is 20.5. The van der Waals surface area contributed by atoms with E-state index in [1.54, 1.807) is 0 Å². The quantitative estimate of drug-likeness (QED) is 0.339. The Kier molecular flexibility index (Phi) is 9.66. The van der Waals surface area contributed by atoms with Crippen LogP contribution in [0.2, 0.25) is 0 Å². The molecule has 2 fully saturated rings. The van der Waals surface area contributed by atoms with E-state index < -0.39 is 0 Å². The first-order valence-electron chi connectivity index (χ1n) is 11.3. The number of aromatic nitrogens is 1. The van der Waals surface area contributed by atoms with E-state index in [9.17, 15) is 0 Å². The molecule has 8 heteroatoms. The zero-order valence-electron chi connectivity index (χ0n) is 18.6. The Morgan fingerprint density at radius 3 is 2.93 bits per heavy atom. The van der Waals surface area contributed by atoms with E-state index >= 15 is 0 Å². The van der Waals surface area contributed by atoms with E-state index in [4.69, 9.17) is 14.5 Å². The molecule has 0 amide bonds. The molecule has 0 radical (unpaired) electrons. The number of piperazine rings is 1. The van der Waals surface area contributed by atoms with Crippen LogP contribution in [0, 0.1) is 0 Å². The molecule has 30 heavy (non-hydrogen) atoms. The van der Waals surface area contributed by atoms with Gasteiger partial charge >= 0.3 is 0 Å². The van der Waals surface area contributed by atoms with Gasteiger partial charge in [0.2, 0.25) is 0 Å². The maximum atomic E-state index is 5.73. The summed E-state index contributed by atoms with van der Waals surface area (Å²) in [7, 11) is 2.17. The highest BCUT2D eigenvalue weighted by atomic mass is 16.5. The zero-order valence-corrected chi connectivity index (χ0v) is 18.6. The van der Waals surface area contributed by atoms with Gasteiger partial charge in [-0.2, -0.15) is 0 Å². The molecule has 2 aliphatic heterocycles. The third-order valence-corrected chi connectivity index (χ3v) is 5.49. The number of likely N-dealkylation sites (N-methyl/N-ethyl adjacent to an activating group) is 1. The topological polar surface area (TPSA) is 74.3 Å². The van der Waals surface area contributed by atoms with Gasteiger partial charge in [-0.1, -0.05) is 0 Å². The number of anilines is 1. The molecule has 1 aromatic rings. The third kappa shape index (κ3) is 7.74. The molecule has 0 saturated carbocycles. The molecule has 3 heterocycles. The van der Waals surface area contributed by atoms with Gasteiger partial charge in [-0.05, 0) is 50.9 Å². The van der Waals surface area contributed by atoms with Crippen LogP contribution in [0.1, 0.15) is 31.7 Å². The highest BCUT2D eigenvalue weighted by molar-refractivity contribution is 5.79. The molecule has 168 valence electrons. The summed E-state index contributed by atoms with van der Waals surface area (Å²) in [6.07, 6.45) is 5.42. The molecule has 0 bridgehead atoms. The standard InChI is InChI=1S/C22H38N6O2/c1-3-23-22(25-8-5-14-29-18-20-6-4-15-30-20)26-17-19-7-9-24-21(16-19)28-12-10-27(2)11-13-28/h7,9,16,20H,3-6,8,10-15,17-18H2,1-2H3,(H2,23,25,26). The lowest BCUT2D eigenvalue weighted by Gasteiger charge is -2.33. The number of aliphatic imine (C=N–C) groups is 1. The molecule has 1 aromatic heterocycles. The Hall–Kier alpha value is -1.90. The zero-order chi connectivity index (χ0) is 21.0. The molecular formula is C22H38N6O2. The first-order chi connectivity index (χ1) is 14.7. The number of rotatable bonds is 10. The van der Waals surface area contributed by atoms with Gasteiger partial charge in [-0.15, -0.1) is 0 Å². The van der Waals surface area contributed by atoms with Gasteiger partial charge < -0.3 is 29.9 Å². The van der Waals surface area contributed by atoms with Crippen LogP contribution in [-0.2, 0) is 16.0 Å². The maximum absolute atomic E-state index is 5.73. The molecule has 0 aliphatic carbocycles. The summed E-state index contributed by atoms with van der Waals surface area (Å²) in [6.45, 7) is 10.9. The van der Waals surface area contributed by atoms with E-state index in [0.29, 0.717) is 19.3 Å². The van der Waals surface area contributed by atoms with Gasteiger partial charge in [0.1, 0.15) is 5.82 Å². The van der Waals surface area contributed by atoms with Crippen LogP contribution in [-0.4, -0.2) is 88.1 Å². The monoisotopic (exact) mass is 418 g/mol. The van der Waals surface area contributed by atoms with Crippen LogP contribution in [0.3, 0.4) is 0 Å². The highest BCUT2D eigenvalue weighted by Crippen LogP contribution is 2.15. The molecule has 0 spiro atoms. The van der Waals surface area contributed by atoms with Gasteiger partial charge in [0.15, 0.2) is 5.96 Å². The summed E-state index contributed by atoms with van der Waals surface area (Å²) >= 11 is 0. The van der Waals surface area contributed by atoms with Crippen molar-refractivity contribution in [3.63, 3.8) is 0 Å². The van der Waals surface area contributed by atoms with Crippen molar-refractivity contribution >= 4 is 11.8 Å². The SMILES string of the molecule is CCNC(=NCc1ccnc(N2CCN(C)CC2)c1)NCCCOCC1CCCO1. The molecule has 2 N–H and O–H groups in total. The summed E-state index contributed by atoms with van der Waals surface area (Å²) < 4.78 is 11.3. The van der Waals surface area contributed by atoms with E-state index in [1.165, 1.54) is 5.56 Å². The molecule has 2 saturated heterocycles. The Morgan fingerprint density at radius 1 is 1.30 bits per heavy atom. The van der Waals surface area contributed by atoms with Crippen molar-refractivity contribution in [2.24, 2.45) is 4.99 Å². The van der Waals surface area contributed by atoms with Crippen LogP contribution < -0.4 is 15.5 Å². The van der Waals surface area contributed by atoms with Crippen LogP contribution in [0.5, 0.6) is 0 Å². The number of pyridine rings is 1. The predicted molar refractivity (Wildman–Crippen MR) is 121 cm³/mol. The summed E-state index contributed by atoms with van der Waals surface area (Å²) in [4.78, 5) is 14.0. The summed E-state index contributed by atoms with van der Waals surface area (Å²) in [5.74, 6) is 1.90. The van der Waals surface area contributed by atoms with E-state index in [1.807, 2.05) is 12.3 Å². The van der Waals surface area contributed by atoms with Gasteiger partial charge in [0.05, 0.1) is 19.3 Å². The Labute approximate surface area is 181 Å². The first kappa shape index (κ1) is 22.8. The largest absolute Gasteiger partial charge is 0.379 e. The predicted octanol–water partition coefficient (Wildman–Crippen LogP) is 1.47. The fourth-order valence-corrected chi connectivity index (χ4v) is 3.65. The molecular weight excluding hydrogens is 380 g/mol. The number of nitrogens with zero attached hydrogens (tertiary/aromatic N) is 4. The van der Waals surface area contributed by atoms with Gasteiger partial charge in [0, 0.05) is 58.7 Å². The smallest absolute Gasteiger partial charge is 0.191 e. The van der Waals surface area contributed by atoms with Crippen molar-refractivity contribution in [3.8, 4) is 0 Å². The minimum atomic E-state index is 0.299. The minimum Gasteiger partial charge on any atom is -0.379 e. The second-order valence-electron chi connectivity index (χ2n) is 8.00. The van der Waals surface area contributed by atoms with E-state index in [-0.39, 0.29) is 0 Å². The van der Waals surface area contributed by atoms with Crippen molar-refractivity contribution in [3.05, 3.63) is 23.9 Å². The fraction of sp³-hybridized carbons (Fsp3) is 0.727. The van der Waals surface area contributed by atoms with E-state index in [2.05, 4.69) is 45.5 Å². The lowest BCUT2D eigenvalue weighted by Crippen LogP contribution is -2.44. The summed E-state index contributed by atoms with van der Waals surface area (Å²) in [6, 6.07) is 4.21. The molecule has 8 nitrogen and oxygen atoms in total. The maximum Gasteiger partial charge on any atom is 0.191 e. The number of nitrogens with one attached hydrogen (secondary N) is 2. The van der Waals surface area contributed by atoms with Gasteiger partial charge in [-0.3, -0.25) is 0 Å². The molecule has 0 aromatic carbocycles. The van der Waals surface area contributed by atoms with E-state index in [0.717, 1.165) is 83.5 Å². The van der Waals surface area contributed by atoms with Gasteiger partial charge in [0.25, 0.3) is 0 Å². The summed E-state index contributed by atoms with van der Waals surface area (Å²) in [5.41, 5.74) is 1.18. The Morgan fingerprint density at radius 2 is 2.17 bits per heavy atom. The average Bonchev–Trinajstić information content (AvgIpc) is 3.28. The number of ether oxygens (including phenoxy) is 2. The van der Waals surface area contributed by atoms with Crippen LogP contribution >= 0.6 is 0 Å². The summed E-state index contributed by atoms with van der Waals surface area (Å²) in [5, 5.41) is 6.72. The van der Waals surface area contributed by atoms with Crippen LogP contribution in [0.25, 0.3) is 0 Å². The fourth-order valence-electron chi connectivity index (χ4n) is 3.65. The number of hydrogen-bond acceptors (Lipinski definition) is 6. The lowest BCUT2D eigenvalue weighted by atomic mass is 10.2. The van der Waals surface area contributed by atoms with Crippen molar-refractivity contribution in [1.82, 2.24) is 20.5 Å². The second kappa shape index (κ2) is 12.7. The Bertz CT molecular complexity index is 642. The average molecular weight is 419 g/mol. The first-order valence-corrected chi connectivity index (χ1v) is 11.3. The molecule has 1 unspecified atom stereocenters. The van der Waals surface area contributed by atoms with Gasteiger partial charge in [-0.25, -0.2) is 9.98 Å². The second-order valence-corrected chi connectivity index (χ2v) is 8.00. The Balaban J connectivity index is 1.40. The minimum absolute atomic E-state index is 0.299. The lowest BCUT2D eigenvalue weighted by molar-refractivity contribution is 0.0168. The van der Waals surface area contributed by atoms with Crippen LogP contribution in [0.15, 0.2) is 23.3 Å². The van der Waals surface area contributed by atoms with Crippen LogP contribution in [0.4, 0.5) is 5.82 Å². The number of hydrogen-bond donors (Lipinski definition) is 2. The third-order valence-electron chi connectivity index (χ3n) is 5.49. The molecule has 1 atom stereocenters. The van der Waals surface area contributed by atoms with Crippen molar-refractivity contribution in [2.45, 2.75) is 38.8 Å². The molecule has 3 rings (SSSR count). The van der Waals surface area contributed by atoms with Crippen molar-refractivity contribution < 1.29 is 9.47 Å². The number of guanidine groups is 1.